The van der Waals surface area contributed by atoms with Crippen molar-refractivity contribution in [2.45, 2.75) is 83.8 Å². The third-order valence-corrected chi connectivity index (χ3v) is 5.28. The minimum absolute atomic E-state index is 0.000167. The molecule has 6 nitrogen and oxygen atoms in total. The van der Waals surface area contributed by atoms with Crippen molar-refractivity contribution in [2.75, 3.05) is 6.54 Å². The summed E-state index contributed by atoms with van der Waals surface area (Å²) in [7, 11) is 0. The van der Waals surface area contributed by atoms with Crippen LogP contribution in [0, 0.1) is 10.8 Å². The first-order chi connectivity index (χ1) is 11.2. The van der Waals surface area contributed by atoms with Gasteiger partial charge in [-0.2, -0.15) is 0 Å². The van der Waals surface area contributed by atoms with E-state index in [1.54, 1.807) is 0 Å². The lowest BCUT2D eigenvalue weighted by Gasteiger charge is -2.46. The number of amides is 4. The Morgan fingerprint density at radius 2 is 1.38 bits per heavy atom. The predicted octanol–water partition coefficient (Wildman–Crippen LogP) is 2.49. The second kappa shape index (κ2) is 6.45. The zero-order valence-corrected chi connectivity index (χ0v) is 15.2. The summed E-state index contributed by atoms with van der Waals surface area (Å²) < 4.78 is 0. The fourth-order valence-electron chi connectivity index (χ4n) is 4.27. The van der Waals surface area contributed by atoms with Crippen LogP contribution in [0.4, 0.5) is 9.59 Å². The summed E-state index contributed by atoms with van der Waals surface area (Å²) in [4.78, 5) is 24.0. The van der Waals surface area contributed by atoms with Gasteiger partial charge in [0.25, 0.3) is 0 Å². The van der Waals surface area contributed by atoms with Crippen LogP contribution < -0.4 is 21.3 Å². The van der Waals surface area contributed by atoms with E-state index in [0.717, 1.165) is 44.9 Å². The van der Waals surface area contributed by atoms with Crippen molar-refractivity contribution in [2.24, 2.45) is 10.8 Å². The van der Waals surface area contributed by atoms with E-state index in [1.165, 1.54) is 0 Å². The van der Waals surface area contributed by atoms with Gasteiger partial charge in [-0.3, -0.25) is 0 Å². The topological polar surface area (TPSA) is 82.3 Å². The predicted molar refractivity (Wildman–Crippen MR) is 93.8 cm³/mol. The molecule has 0 radical (unpaired) electrons. The fraction of sp³-hybridized carbons (Fsp3) is 0.889. The standard InChI is InChI=1S/C18H32N4O2/c1-17(2)8-14(22-16(24)21-13-6-7-13)9-18(3,10-17)11-19-15(23)20-12-4-5-12/h12-14H,4-11H2,1-3H3,(H2,19,20,23)(H2,21,22,24)/t14-,18+/m0/s1. The van der Waals surface area contributed by atoms with E-state index in [2.05, 4.69) is 42.0 Å². The van der Waals surface area contributed by atoms with Crippen molar-refractivity contribution < 1.29 is 9.59 Å². The third-order valence-electron chi connectivity index (χ3n) is 5.28. The second-order valence-electron chi connectivity index (χ2n) is 9.25. The third kappa shape index (κ3) is 5.28. The molecule has 0 heterocycles. The summed E-state index contributed by atoms with van der Waals surface area (Å²) in [6, 6.07) is 0.813. The average molecular weight is 336 g/mol. The molecule has 3 aliphatic rings. The molecule has 0 unspecified atom stereocenters. The maximum Gasteiger partial charge on any atom is 0.315 e. The van der Waals surface area contributed by atoms with E-state index in [-0.39, 0.29) is 28.9 Å². The van der Waals surface area contributed by atoms with Gasteiger partial charge >= 0.3 is 12.1 Å². The van der Waals surface area contributed by atoms with Gasteiger partial charge in [0.2, 0.25) is 0 Å². The lowest BCUT2D eigenvalue weighted by atomic mass is 9.62. The molecular formula is C18H32N4O2. The summed E-state index contributed by atoms with van der Waals surface area (Å²) in [5.74, 6) is 0. The van der Waals surface area contributed by atoms with Crippen LogP contribution >= 0.6 is 0 Å². The van der Waals surface area contributed by atoms with E-state index in [0.29, 0.717) is 18.6 Å². The highest BCUT2D eigenvalue weighted by atomic mass is 16.2. The Hall–Kier alpha value is -1.46. The van der Waals surface area contributed by atoms with Gasteiger partial charge < -0.3 is 21.3 Å². The van der Waals surface area contributed by atoms with Gasteiger partial charge in [-0.1, -0.05) is 20.8 Å². The molecule has 3 rings (SSSR count). The molecule has 4 N–H and O–H groups in total. The number of carbonyl (C=O) groups is 2. The maximum absolute atomic E-state index is 12.1. The highest BCUT2D eigenvalue weighted by Crippen LogP contribution is 2.45. The van der Waals surface area contributed by atoms with Crippen molar-refractivity contribution in [3.8, 4) is 0 Å². The first-order valence-corrected chi connectivity index (χ1v) is 9.35. The van der Waals surface area contributed by atoms with Gasteiger partial charge in [0.1, 0.15) is 0 Å². The zero-order valence-electron chi connectivity index (χ0n) is 15.2. The highest BCUT2D eigenvalue weighted by molar-refractivity contribution is 5.75. The first-order valence-electron chi connectivity index (χ1n) is 9.35. The second-order valence-corrected chi connectivity index (χ2v) is 9.25. The number of rotatable bonds is 5. The fourth-order valence-corrected chi connectivity index (χ4v) is 4.27. The van der Waals surface area contributed by atoms with Crippen LogP contribution in [0.5, 0.6) is 0 Å². The van der Waals surface area contributed by atoms with Crippen molar-refractivity contribution in [3.05, 3.63) is 0 Å². The van der Waals surface area contributed by atoms with Gasteiger partial charge in [0.15, 0.2) is 0 Å². The number of urea groups is 2. The minimum Gasteiger partial charge on any atom is -0.338 e. The van der Waals surface area contributed by atoms with Crippen LogP contribution in [-0.4, -0.2) is 36.7 Å². The van der Waals surface area contributed by atoms with Gasteiger partial charge in [0.05, 0.1) is 0 Å². The van der Waals surface area contributed by atoms with Gasteiger partial charge in [-0.15, -0.1) is 0 Å². The molecule has 4 amide bonds. The number of nitrogens with one attached hydrogen (secondary N) is 4. The molecule has 6 heteroatoms. The summed E-state index contributed by atoms with van der Waals surface area (Å²) >= 11 is 0. The summed E-state index contributed by atoms with van der Waals surface area (Å²) in [5, 5.41) is 12.2. The Morgan fingerprint density at radius 1 is 0.833 bits per heavy atom. The van der Waals surface area contributed by atoms with E-state index < -0.39 is 0 Å². The monoisotopic (exact) mass is 336 g/mol. The van der Waals surface area contributed by atoms with Crippen LogP contribution in [0.25, 0.3) is 0 Å². The lowest BCUT2D eigenvalue weighted by Crippen LogP contribution is -2.53. The Labute approximate surface area is 144 Å². The Balaban J connectivity index is 1.52. The molecule has 0 spiro atoms. The van der Waals surface area contributed by atoms with Crippen LogP contribution in [0.15, 0.2) is 0 Å². The largest absolute Gasteiger partial charge is 0.338 e. The molecule has 3 fully saturated rings. The van der Waals surface area contributed by atoms with E-state index in [4.69, 9.17) is 0 Å². The first kappa shape index (κ1) is 17.4. The molecule has 0 aromatic heterocycles. The van der Waals surface area contributed by atoms with Crippen molar-refractivity contribution in [1.82, 2.24) is 21.3 Å². The van der Waals surface area contributed by atoms with Crippen molar-refractivity contribution in [3.63, 3.8) is 0 Å². The molecule has 3 saturated carbocycles. The summed E-state index contributed by atoms with van der Waals surface area (Å²) in [6.07, 6.45) is 7.32. The molecule has 24 heavy (non-hydrogen) atoms. The molecule has 2 atom stereocenters. The molecule has 0 aliphatic heterocycles. The van der Waals surface area contributed by atoms with E-state index in [1.807, 2.05) is 0 Å². The molecule has 0 saturated heterocycles. The number of hydrogen-bond acceptors (Lipinski definition) is 2. The van der Waals surface area contributed by atoms with Gasteiger partial charge in [-0.25, -0.2) is 9.59 Å². The summed E-state index contributed by atoms with van der Waals surface area (Å²) in [5.41, 5.74) is 0.152. The Morgan fingerprint density at radius 3 is 1.96 bits per heavy atom. The quantitative estimate of drug-likeness (QED) is 0.622. The molecule has 136 valence electrons. The Bertz CT molecular complexity index is 499. The lowest BCUT2D eigenvalue weighted by molar-refractivity contribution is 0.0749. The normalized spacial score (nSPS) is 31.9. The van der Waals surface area contributed by atoms with E-state index >= 15 is 0 Å². The average Bonchev–Trinajstić information content (AvgIpc) is 3.30. The number of hydrogen-bond donors (Lipinski definition) is 4. The maximum atomic E-state index is 12.1. The van der Waals surface area contributed by atoms with Crippen molar-refractivity contribution in [1.29, 1.82) is 0 Å². The number of carbonyl (C=O) groups excluding carboxylic acids is 2. The van der Waals surface area contributed by atoms with Crippen LogP contribution in [0.2, 0.25) is 0 Å². The van der Waals surface area contributed by atoms with Gasteiger partial charge in [-0.05, 0) is 55.8 Å². The molecule has 0 bridgehead atoms. The molecule has 0 aromatic rings. The van der Waals surface area contributed by atoms with Crippen LogP contribution in [0.3, 0.4) is 0 Å². The molecular weight excluding hydrogens is 304 g/mol. The SMILES string of the molecule is CC1(C)C[C@H](NC(=O)NC2CC2)C[C@@](C)(CNC(=O)NC2CC2)C1. The van der Waals surface area contributed by atoms with E-state index in [9.17, 15) is 9.59 Å². The Kier molecular flexibility index (Phi) is 4.67. The van der Waals surface area contributed by atoms with Crippen LogP contribution in [0.1, 0.15) is 65.7 Å². The zero-order chi connectivity index (χ0) is 17.4. The van der Waals surface area contributed by atoms with Crippen molar-refractivity contribution >= 4 is 12.1 Å². The minimum atomic E-state index is -0.0573. The van der Waals surface area contributed by atoms with Gasteiger partial charge in [0, 0.05) is 24.7 Å². The molecule has 0 aromatic carbocycles. The molecule has 3 aliphatic carbocycles. The smallest absolute Gasteiger partial charge is 0.315 e. The highest BCUT2D eigenvalue weighted by Gasteiger charge is 2.42. The summed E-state index contributed by atoms with van der Waals surface area (Å²) in [6.45, 7) is 7.38. The van der Waals surface area contributed by atoms with Crippen LogP contribution in [-0.2, 0) is 0 Å².